The lowest BCUT2D eigenvalue weighted by atomic mass is 9.93. The van der Waals surface area contributed by atoms with Crippen molar-refractivity contribution in [1.29, 1.82) is 0 Å². The van der Waals surface area contributed by atoms with Gasteiger partial charge >= 0.3 is 0 Å². The second-order valence-electron chi connectivity index (χ2n) is 3.56. The van der Waals surface area contributed by atoms with E-state index in [1.165, 1.54) is 17.6 Å². The standard InChI is InChI=1S/C12H15N/c1-10-6-5-9-13-12(10)11-7-3-2-4-8-11/h2-4,7-8,12-13H,1,5-6,9H2. The van der Waals surface area contributed by atoms with Crippen LogP contribution >= 0.6 is 0 Å². The highest BCUT2D eigenvalue weighted by molar-refractivity contribution is 5.27. The van der Waals surface area contributed by atoms with Crippen LogP contribution in [0.15, 0.2) is 42.5 Å². The molecule has 1 saturated heterocycles. The van der Waals surface area contributed by atoms with Crippen molar-refractivity contribution in [3.8, 4) is 0 Å². The third-order valence-electron chi connectivity index (χ3n) is 2.56. The topological polar surface area (TPSA) is 12.0 Å². The summed E-state index contributed by atoms with van der Waals surface area (Å²) in [5.41, 5.74) is 2.66. The van der Waals surface area contributed by atoms with Crippen LogP contribution in [0.25, 0.3) is 0 Å². The Morgan fingerprint density at radius 1 is 1.23 bits per heavy atom. The van der Waals surface area contributed by atoms with E-state index in [1.54, 1.807) is 0 Å². The van der Waals surface area contributed by atoms with Crippen LogP contribution in [0.1, 0.15) is 24.4 Å². The molecule has 1 nitrogen and oxygen atoms in total. The van der Waals surface area contributed by atoms with Gasteiger partial charge in [-0.05, 0) is 24.9 Å². The normalized spacial score (nSPS) is 23.1. The Labute approximate surface area is 79.5 Å². The Kier molecular flexibility index (Phi) is 2.46. The van der Waals surface area contributed by atoms with E-state index in [-0.39, 0.29) is 0 Å². The number of hydrogen-bond acceptors (Lipinski definition) is 1. The lowest BCUT2D eigenvalue weighted by Crippen LogP contribution is -2.28. The molecule has 0 spiro atoms. The first-order valence-corrected chi connectivity index (χ1v) is 4.84. The molecular weight excluding hydrogens is 158 g/mol. The molecule has 0 amide bonds. The van der Waals surface area contributed by atoms with Crippen molar-refractivity contribution in [3.05, 3.63) is 48.0 Å². The van der Waals surface area contributed by atoms with Crippen molar-refractivity contribution in [2.45, 2.75) is 18.9 Å². The highest BCUT2D eigenvalue weighted by atomic mass is 14.9. The minimum absolute atomic E-state index is 0.384. The molecule has 1 fully saturated rings. The van der Waals surface area contributed by atoms with Gasteiger partial charge in [0.25, 0.3) is 0 Å². The van der Waals surface area contributed by atoms with Gasteiger partial charge in [-0.25, -0.2) is 0 Å². The summed E-state index contributed by atoms with van der Waals surface area (Å²) < 4.78 is 0. The summed E-state index contributed by atoms with van der Waals surface area (Å²) in [6, 6.07) is 10.9. The van der Waals surface area contributed by atoms with Gasteiger partial charge in [-0.2, -0.15) is 0 Å². The zero-order valence-corrected chi connectivity index (χ0v) is 7.79. The first kappa shape index (κ1) is 8.52. The Hall–Kier alpha value is -1.08. The summed E-state index contributed by atoms with van der Waals surface area (Å²) in [4.78, 5) is 0. The molecule has 1 aromatic rings. The van der Waals surface area contributed by atoms with Crippen LogP contribution in [0.4, 0.5) is 0 Å². The van der Waals surface area contributed by atoms with Crippen LogP contribution in [-0.4, -0.2) is 6.54 Å². The molecule has 1 heteroatoms. The van der Waals surface area contributed by atoms with E-state index in [2.05, 4.69) is 42.2 Å². The lowest BCUT2D eigenvalue weighted by Gasteiger charge is -2.26. The van der Waals surface area contributed by atoms with Gasteiger partial charge in [0.15, 0.2) is 0 Å². The van der Waals surface area contributed by atoms with Gasteiger partial charge in [-0.15, -0.1) is 0 Å². The highest BCUT2D eigenvalue weighted by Gasteiger charge is 2.17. The average molecular weight is 173 g/mol. The monoisotopic (exact) mass is 173 g/mol. The molecule has 13 heavy (non-hydrogen) atoms. The molecule has 0 aliphatic carbocycles. The quantitative estimate of drug-likeness (QED) is 0.644. The van der Waals surface area contributed by atoms with E-state index in [9.17, 15) is 0 Å². The fourth-order valence-electron chi connectivity index (χ4n) is 1.85. The molecule has 68 valence electrons. The SMILES string of the molecule is C=C1CCCNC1c1ccccc1. The maximum atomic E-state index is 4.11. The van der Waals surface area contributed by atoms with Crippen molar-refractivity contribution in [1.82, 2.24) is 5.32 Å². The maximum Gasteiger partial charge on any atom is 0.0533 e. The number of rotatable bonds is 1. The Morgan fingerprint density at radius 2 is 2.00 bits per heavy atom. The molecule has 0 aromatic heterocycles. The smallest absolute Gasteiger partial charge is 0.0533 e. The van der Waals surface area contributed by atoms with Crippen molar-refractivity contribution in [2.24, 2.45) is 0 Å². The van der Waals surface area contributed by atoms with E-state index in [0.29, 0.717) is 6.04 Å². The average Bonchev–Trinajstić information content (AvgIpc) is 2.20. The molecule has 1 N–H and O–H groups in total. The minimum atomic E-state index is 0.384. The second-order valence-corrected chi connectivity index (χ2v) is 3.56. The van der Waals surface area contributed by atoms with Crippen LogP contribution in [0.2, 0.25) is 0 Å². The van der Waals surface area contributed by atoms with E-state index in [0.717, 1.165) is 13.0 Å². The summed E-state index contributed by atoms with van der Waals surface area (Å²) >= 11 is 0. The first-order chi connectivity index (χ1) is 6.38. The Morgan fingerprint density at radius 3 is 2.69 bits per heavy atom. The molecular formula is C12H15N. The second kappa shape index (κ2) is 3.75. The third-order valence-corrected chi connectivity index (χ3v) is 2.56. The molecule has 1 aliphatic rings. The van der Waals surface area contributed by atoms with Crippen LogP contribution < -0.4 is 5.32 Å². The Balaban J connectivity index is 2.20. The Bertz CT molecular complexity index is 289. The molecule has 0 bridgehead atoms. The summed E-state index contributed by atoms with van der Waals surface area (Å²) in [5.74, 6) is 0. The van der Waals surface area contributed by atoms with Gasteiger partial charge in [-0.3, -0.25) is 0 Å². The predicted octanol–water partition coefficient (Wildman–Crippen LogP) is 2.67. The summed E-state index contributed by atoms with van der Waals surface area (Å²) in [6.45, 7) is 5.22. The number of nitrogens with one attached hydrogen (secondary N) is 1. The molecule has 1 aliphatic heterocycles. The van der Waals surface area contributed by atoms with E-state index in [4.69, 9.17) is 0 Å². The minimum Gasteiger partial charge on any atom is -0.307 e. The lowest BCUT2D eigenvalue weighted by molar-refractivity contribution is 0.507. The van der Waals surface area contributed by atoms with Crippen molar-refractivity contribution in [2.75, 3.05) is 6.54 Å². The number of hydrogen-bond donors (Lipinski definition) is 1. The van der Waals surface area contributed by atoms with Gasteiger partial charge < -0.3 is 5.32 Å². The largest absolute Gasteiger partial charge is 0.307 e. The number of benzene rings is 1. The summed E-state index contributed by atoms with van der Waals surface area (Å²) in [6.07, 6.45) is 2.38. The zero-order valence-electron chi connectivity index (χ0n) is 7.79. The molecule has 1 atom stereocenters. The third kappa shape index (κ3) is 1.81. The maximum absolute atomic E-state index is 4.11. The van der Waals surface area contributed by atoms with Crippen molar-refractivity contribution in [3.63, 3.8) is 0 Å². The van der Waals surface area contributed by atoms with E-state index in [1.807, 2.05) is 0 Å². The molecule has 0 saturated carbocycles. The molecule has 0 radical (unpaired) electrons. The fourth-order valence-corrected chi connectivity index (χ4v) is 1.85. The molecule has 2 rings (SSSR count). The first-order valence-electron chi connectivity index (χ1n) is 4.84. The zero-order chi connectivity index (χ0) is 9.10. The van der Waals surface area contributed by atoms with Crippen LogP contribution in [0, 0.1) is 0 Å². The van der Waals surface area contributed by atoms with Gasteiger partial charge in [-0.1, -0.05) is 42.5 Å². The van der Waals surface area contributed by atoms with E-state index >= 15 is 0 Å². The van der Waals surface area contributed by atoms with Crippen LogP contribution in [0.3, 0.4) is 0 Å². The van der Waals surface area contributed by atoms with Crippen molar-refractivity contribution < 1.29 is 0 Å². The van der Waals surface area contributed by atoms with Crippen molar-refractivity contribution >= 4 is 0 Å². The van der Waals surface area contributed by atoms with E-state index < -0.39 is 0 Å². The molecule has 1 heterocycles. The van der Waals surface area contributed by atoms with Gasteiger partial charge in [0.1, 0.15) is 0 Å². The van der Waals surface area contributed by atoms with Gasteiger partial charge in [0, 0.05) is 0 Å². The fraction of sp³-hybridized carbons (Fsp3) is 0.333. The van der Waals surface area contributed by atoms with Crippen LogP contribution in [0.5, 0.6) is 0 Å². The number of piperidine rings is 1. The summed E-state index contributed by atoms with van der Waals surface area (Å²) in [5, 5.41) is 3.49. The predicted molar refractivity (Wildman–Crippen MR) is 55.6 cm³/mol. The molecule has 1 aromatic carbocycles. The van der Waals surface area contributed by atoms with Gasteiger partial charge in [0.2, 0.25) is 0 Å². The van der Waals surface area contributed by atoms with Crippen LogP contribution in [-0.2, 0) is 0 Å². The highest BCUT2D eigenvalue weighted by Crippen LogP contribution is 2.26. The summed E-state index contributed by atoms with van der Waals surface area (Å²) in [7, 11) is 0. The van der Waals surface area contributed by atoms with Gasteiger partial charge in [0.05, 0.1) is 6.04 Å². The molecule has 1 unspecified atom stereocenters.